The molecule has 0 aliphatic carbocycles. The van der Waals surface area contributed by atoms with E-state index in [0.717, 1.165) is 11.3 Å². The van der Waals surface area contributed by atoms with Crippen molar-refractivity contribution in [3.05, 3.63) is 64.4 Å². The molecule has 3 N–H and O–H groups in total. The van der Waals surface area contributed by atoms with Gasteiger partial charge in [0.25, 0.3) is 0 Å². The molecular formula is C16H18ClFN2O. The first-order chi connectivity index (χ1) is 10.1. The van der Waals surface area contributed by atoms with Crippen molar-refractivity contribution in [3.8, 4) is 5.75 Å². The van der Waals surface area contributed by atoms with Gasteiger partial charge in [0, 0.05) is 11.1 Å². The van der Waals surface area contributed by atoms with Crippen LogP contribution in [0.2, 0.25) is 5.02 Å². The molecule has 1 unspecified atom stereocenters. The molecule has 21 heavy (non-hydrogen) atoms. The molecule has 112 valence electrons. The largest absolute Gasteiger partial charge is 0.496 e. The SMILES string of the molecule is COc1ccccc1CC(Cc1cc(Cl)ccc1F)NN. The lowest BCUT2D eigenvalue weighted by Gasteiger charge is -2.18. The van der Waals surface area contributed by atoms with E-state index in [-0.39, 0.29) is 11.9 Å². The van der Waals surface area contributed by atoms with E-state index in [1.807, 2.05) is 24.3 Å². The minimum absolute atomic E-state index is 0.116. The van der Waals surface area contributed by atoms with Crippen molar-refractivity contribution >= 4 is 11.6 Å². The summed E-state index contributed by atoms with van der Waals surface area (Å²) in [6, 6.07) is 12.1. The number of rotatable bonds is 6. The minimum Gasteiger partial charge on any atom is -0.496 e. The van der Waals surface area contributed by atoms with Crippen LogP contribution in [0.3, 0.4) is 0 Å². The molecule has 2 rings (SSSR count). The Bertz CT molecular complexity index is 607. The molecule has 0 fully saturated rings. The third-order valence-electron chi connectivity index (χ3n) is 3.37. The van der Waals surface area contributed by atoms with E-state index in [0.29, 0.717) is 23.4 Å². The molecular weight excluding hydrogens is 291 g/mol. The standard InChI is InChI=1S/C16H18ClFN2O/c1-21-16-5-3-2-4-11(16)9-14(20-19)10-12-8-13(17)6-7-15(12)18/h2-8,14,20H,9-10,19H2,1H3. The highest BCUT2D eigenvalue weighted by atomic mass is 35.5. The Hall–Kier alpha value is -1.62. The molecule has 0 radical (unpaired) electrons. The smallest absolute Gasteiger partial charge is 0.126 e. The molecule has 3 nitrogen and oxygen atoms in total. The van der Waals surface area contributed by atoms with Crippen molar-refractivity contribution in [2.24, 2.45) is 5.84 Å². The number of benzene rings is 2. The van der Waals surface area contributed by atoms with Crippen LogP contribution in [0.15, 0.2) is 42.5 Å². The molecule has 2 aromatic rings. The molecule has 0 bridgehead atoms. The summed E-state index contributed by atoms with van der Waals surface area (Å²) in [4.78, 5) is 0. The molecule has 2 aromatic carbocycles. The van der Waals surface area contributed by atoms with Crippen molar-refractivity contribution < 1.29 is 9.13 Å². The molecule has 0 heterocycles. The van der Waals surface area contributed by atoms with Crippen LogP contribution in [-0.4, -0.2) is 13.2 Å². The maximum absolute atomic E-state index is 13.8. The Morgan fingerprint density at radius 3 is 2.62 bits per heavy atom. The number of hydrazine groups is 1. The van der Waals surface area contributed by atoms with E-state index < -0.39 is 0 Å². The first kappa shape index (κ1) is 15.8. The Balaban J connectivity index is 2.15. The van der Waals surface area contributed by atoms with Gasteiger partial charge in [-0.3, -0.25) is 11.3 Å². The van der Waals surface area contributed by atoms with E-state index in [2.05, 4.69) is 5.43 Å². The minimum atomic E-state index is -0.278. The Kier molecular flexibility index (Phi) is 5.56. The first-order valence-corrected chi connectivity index (χ1v) is 7.03. The van der Waals surface area contributed by atoms with Crippen molar-refractivity contribution in [2.75, 3.05) is 7.11 Å². The monoisotopic (exact) mass is 308 g/mol. The van der Waals surface area contributed by atoms with Crippen molar-refractivity contribution in [2.45, 2.75) is 18.9 Å². The second-order valence-electron chi connectivity index (χ2n) is 4.82. The van der Waals surface area contributed by atoms with Crippen LogP contribution in [0.1, 0.15) is 11.1 Å². The molecule has 0 amide bonds. The zero-order valence-electron chi connectivity index (χ0n) is 11.8. The topological polar surface area (TPSA) is 47.3 Å². The normalized spacial score (nSPS) is 12.2. The Labute approximate surface area is 128 Å². The van der Waals surface area contributed by atoms with Crippen molar-refractivity contribution in [1.82, 2.24) is 5.43 Å². The third kappa shape index (κ3) is 4.17. The van der Waals surface area contributed by atoms with E-state index >= 15 is 0 Å². The van der Waals surface area contributed by atoms with Gasteiger partial charge in [0.05, 0.1) is 7.11 Å². The summed E-state index contributed by atoms with van der Waals surface area (Å²) >= 11 is 5.91. The van der Waals surface area contributed by atoms with Gasteiger partial charge in [0.1, 0.15) is 11.6 Å². The number of hydrogen-bond donors (Lipinski definition) is 2. The maximum Gasteiger partial charge on any atom is 0.126 e. The average Bonchev–Trinajstić information content (AvgIpc) is 2.50. The summed E-state index contributed by atoms with van der Waals surface area (Å²) in [5, 5.41) is 0.513. The highest BCUT2D eigenvalue weighted by Gasteiger charge is 2.14. The van der Waals surface area contributed by atoms with E-state index in [4.69, 9.17) is 22.2 Å². The fourth-order valence-corrected chi connectivity index (χ4v) is 2.49. The van der Waals surface area contributed by atoms with Gasteiger partial charge < -0.3 is 4.74 Å². The van der Waals surface area contributed by atoms with Crippen LogP contribution in [-0.2, 0) is 12.8 Å². The molecule has 0 saturated heterocycles. The second kappa shape index (κ2) is 7.41. The van der Waals surface area contributed by atoms with Gasteiger partial charge in [-0.15, -0.1) is 0 Å². The molecule has 1 atom stereocenters. The third-order valence-corrected chi connectivity index (χ3v) is 3.60. The Morgan fingerprint density at radius 2 is 1.90 bits per heavy atom. The molecule has 5 heteroatoms. The number of ether oxygens (including phenoxy) is 1. The van der Waals surface area contributed by atoms with Crippen LogP contribution in [0.5, 0.6) is 5.75 Å². The number of hydrogen-bond acceptors (Lipinski definition) is 3. The lowest BCUT2D eigenvalue weighted by molar-refractivity contribution is 0.404. The van der Waals surface area contributed by atoms with Crippen LogP contribution in [0.4, 0.5) is 4.39 Å². The predicted molar refractivity (Wildman–Crippen MR) is 82.9 cm³/mol. The molecule has 0 spiro atoms. The van der Waals surface area contributed by atoms with Crippen LogP contribution in [0, 0.1) is 5.82 Å². The van der Waals surface area contributed by atoms with Gasteiger partial charge in [-0.05, 0) is 48.2 Å². The summed E-state index contributed by atoms with van der Waals surface area (Å²) in [6.07, 6.45) is 1.08. The zero-order valence-corrected chi connectivity index (χ0v) is 12.5. The fourth-order valence-electron chi connectivity index (χ4n) is 2.29. The summed E-state index contributed by atoms with van der Waals surface area (Å²) in [6.45, 7) is 0. The van der Waals surface area contributed by atoms with Crippen molar-refractivity contribution in [1.29, 1.82) is 0 Å². The number of nitrogens with one attached hydrogen (secondary N) is 1. The highest BCUT2D eigenvalue weighted by Crippen LogP contribution is 2.21. The number of halogens is 2. The summed E-state index contributed by atoms with van der Waals surface area (Å²) in [5.41, 5.74) is 4.29. The van der Waals surface area contributed by atoms with Gasteiger partial charge in [-0.1, -0.05) is 29.8 Å². The van der Waals surface area contributed by atoms with Gasteiger partial charge in [0.15, 0.2) is 0 Å². The van der Waals surface area contributed by atoms with Gasteiger partial charge in [-0.25, -0.2) is 4.39 Å². The summed E-state index contributed by atoms with van der Waals surface area (Å²) < 4.78 is 19.1. The molecule has 0 saturated carbocycles. The number of para-hydroxylation sites is 1. The summed E-state index contributed by atoms with van der Waals surface area (Å²) in [7, 11) is 1.63. The lowest BCUT2D eigenvalue weighted by Crippen LogP contribution is -2.38. The first-order valence-electron chi connectivity index (χ1n) is 6.66. The van der Waals surface area contributed by atoms with E-state index in [9.17, 15) is 4.39 Å². The van der Waals surface area contributed by atoms with Crippen molar-refractivity contribution in [3.63, 3.8) is 0 Å². The van der Waals surface area contributed by atoms with Crippen LogP contribution in [0.25, 0.3) is 0 Å². The maximum atomic E-state index is 13.8. The van der Waals surface area contributed by atoms with Crippen LogP contribution < -0.4 is 16.0 Å². The summed E-state index contributed by atoms with van der Waals surface area (Å²) in [5.74, 6) is 6.12. The lowest BCUT2D eigenvalue weighted by atomic mass is 9.98. The average molecular weight is 309 g/mol. The quantitative estimate of drug-likeness (QED) is 0.637. The van der Waals surface area contributed by atoms with Gasteiger partial charge in [-0.2, -0.15) is 0 Å². The van der Waals surface area contributed by atoms with Gasteiger partial charge >= 0.3 is 0 Å². The predicted octanol–water partition coefficient (Wildman–Crippen LogP) is 3.10. The second-order valence-corrected chi connectivity index (χ2v) is 5.26. The van der Waals surface area contributed by atoms with E-state index in [1.165, 1.54) is 12.1 Å². The number of methoxy groups -OCH3 is 1. The zero-order chi connectivity index (χ0) is 15.2. The van der Waals surface area contributed by atoms with Crippen LogP contribution >= 0.6 is 11.6 Å². The Morgan fingerprint density at radius 1 is 1.19 bits per heavy atom. The highest BCUT2D eigenvalue weighted by molar-refractivity contribution is 6.30. The number of nitrogens with two attached hydrogens (primary N) is 1. The molecule has 0 aliphatic heterocycles. The van der Waals surface area contributed by atoms with Gasteiger partial charge in [0.2, 0.25) is 0 Å². The molecule has 0 aromatic heterocycles. The molecule has 0 aliphatic rings. The fraction of sp³-hybridized carbons (Fsp3) is 0.250. The van der Waals surface area contributed by atoms with E-state index in [1.54, 1.807) is 13.2 Å².